The van der Waals surface area contributed by atoms with Gasteiger partial charge in [-0.15, -0.1) is 0 Å². The lowest BCUT2D eigenvalue weighted by Gasteiger charge is -2.11. The molecule has 0 saturated carbocycles. The van der Waals surface area contributed by atoms with E-state index in [1.54, 1.807) is 12.1 Å². The van der Waals surface area contributed by atoms with Crippen LogP contribution < -0.4 is 20.2 Å². The minimum Gasteiger partial charge on any atom is -0.454 e. The molecule has 130 valence electrons. The zero-order chi connectivity index (χ0) is 17.8. The number of rotatable bonds is 5. The van der Waals surface area contributed by atoms with Crippen LogP contribution in [0.15, 0.2) is 35.4 Å². The largest absolute Gasteiger partial charge is 0.454 e. The summed E-state index contributed by atoms with van der Waals surface area (Å²) in [5.41, 5.74) is 6.24. The maximum Gasteiger partial charge on any atom is 0.259 e. The standard InChI is InChI=1S/C18H18ClN3O3/c1-11-4-3-5-12(2)18(11)20-9-17(23)22-21-8-13-6-15-16(7-14(13)19)25-10-24-15/h3-8,20H,9-10H2,1-2H3,(H,22,23). The first-order valence-corrected chi connectivity index (χ1v) is 8.13. The number of aryl methyl sites for hydroxylation is 2. The predicted molar refractivity (Wildman–Crippen MR) is 97.7 cm³/mol. The summed E-state index contributed by atoms with van der Waals surface area (Å²) in [5.74, 6) is 0.952. The SMILES string of the molecule is Cc1cccc(C)c1NCC(=O)NN=Cc1cc2c(cc1Cl)OCO2. The number of amides is 1. The molecule has 1 aliphatic rings. The van der Waals surface area contributed by atoms with Crippen LogP contribution in [0.2, 0.25) is 5.02 Å². The predicted octanol–water partition coefficient (Wildman–Crippen LogP) is 3.25. The van der Waals surface area contributed by atoms with Crippen LogP contribution in [0.25, 0.3) is 0 Å². The molecule has 1 amide bonds. The molecular weight excluding hydrogens is 342 g/mol. The van der Waals surface area contributed by atoms with Gasteiger partial charge in [0.2, 0.25) is 6.79 Å². The van der Waals surface area contributed by atoms with Gasteiger partial charge >= 0.3 is 0 Å². The highest BCUT2D eigenvalue weighted by atomic mass is 35.5. The molecule has 1 heterocycles. The number of fused-ring (bicyclic) bond motifs is 1. The molecule has 0 aromatic heterocycles. The lowest BCUT2D eigenvalue weighted by Crippen LogP contribution is -2.26. The van der Waals surface area contributed by atoms with Gasteiger partial charge in [0, 0.05) is 17.3 Å². The Bertz CT molecular complexity index is 816. The van der Waals surface area contributed by atoms with Crippen LogP contribution in [0.5, 0.6) is 11.5 Å². The van der Waals surface area contributed by atoms with Crippen molar-refractivity contribution in [2.75, 3.05) is 18.7 Å². The first-order chi connectivity index (χ1) is 12.0. The number of carbonyl (C=O) groups is 1. The minimum atomic E-state index is -0.254. The second-order valence-electron chi connectivity index (χ2n) is 5.64. The van der Waals surface area contributed by atoms with E-state index in [4.69, 9.17) is 21.1 Å². The summed E-state index contributed by atoms with van der Waals surface area (Å²) < 4.78 is 10.5. The van der Waals surface area contributed by atoms with E-state index < -0.39 is 0 Å². The first-order valence-electron chi connectivity index (χ1n) is 7.76. The van der Waals surface area contributed by atoms with E-state index in [0.29, 0.717) is 22.1 Å². The number of para-hydroxylation sites is 1. The van der Waals surface area contributed by atoms with Crippen LogP contribution in [0.4, 0.5) is 5.69 Å². The Balaban J connectivity index is 1.57. The van der Waals surface area contributed by atoms with E-state index in [-0.39, 0.29) is 19.2 Å². The first kappa shape index (κ1) is 17.1. The third kappa shape index (κ3) is 4.03. The number of nitrogens with zero attached hydrogens (tertiary/aromatic N) is 1. The molecule has 3 rings (SSSR count). The molecule has 1 aliphatic heterocycles. The normalized spacial score (nSPS) is 12.4. The Morgan fingerprint density at radius 1 is 1.24 bits per heavy atom. The summed E-state index contributed by atoms with van der Waals surface area (Å²) >= 11 is 6.15. The number of benzene rings is 2. The molecular formula is C18H18ClN3O3. The number of hydrazone groups is 1. The summed E-state index contributed by atoms with van der Waals surface area (Å²) in [6.45, 7) is 4.28. The Morgan fingerprint density at radius 3 is 2.64 bits per heavy atom. The molecule has 0 unspecified atom stereocenters. The van der Waals surface area contributed by atoms with Crippen molar-refractivity contribution in [1.82, 2.24) is 5.43 Å². The number of nitrogens with one attached hydrogen (secondary N) is 2. The van der Waals surface area contributed by atoms with Crippen LogP contribution in [0.1, 0.15) is 16.7 Å². The van der Waals surface area contributed by atoms with Crippen molar-refractivity contribution in [2.24, 2.45) is 5.10 Å². The van der Waals surface area contributed by atoms with Crippen LogP contribution in [-0.2, 0) is 4.79 Å². The van der Waals surface area contributed by atoms with Gasteiger partial charge in [-0.05, 0) is 31.0 Å². The zero-order valence-corrected chi connectivity index (χ0v) is 14.7. The third-order valence-electron chi connectivity index (χ3n) is 3.79. The molecule has 0 saturated heterocycles. The third-order valence-corrected chi connectivity index (χ3v) is 4.12. The van der Waals surface area contributed by atoms with Gasteiger partial charge in [0.15, 0.2) is 11.5 Å². The van der Waals surface area contributed by atoms with Crippen molar-refractivity contribution in [3.8, 4) is 11.5 Å². The van der Waals surface area contributed by atoms with E-state index in [1.165, 1.54) is 6.21 Å². The molecule has 2 aromatic rings. The lowest BCUT2D eigenvalue weighted by atomic mass is 10.1. The number of hydrogen-bond acceptors (Lipinski definition) is 5. The molecule has 0 aliphatic carbocycles. The number of halogens is 1. The van der Waals surface area contributed by atoms with Gasteiger partial charge in [-0.25, -0.2) is 5.43 Å². The van der Waals surface area contributed by atoms with Gasteiger partial charge in [0.1, 0.15) is 0 Å². The molecule has 7 heteroatoms. The number of carbonyl (C=O) groups excluding carboxylic acids is 1. The van der Waals surface area contributed by atoms with Crippen molar-refractivity contribution in [3.05, 3.63) is 52.0 Å². The van der Waals surface area contributed by atoms with Crippen LogP contribution in [0.3, 0.4) is 0 Å². The topological polar surface area (TPSA) is 72.0 Å². The number of anilines is 1. The lowest BCUT2D eigenvalue weighted by molar-refractivity contribution is -0.119. The quantitative estimate of drug-likeness (QED) is 0.635. The molecule has 0 atom stereocenters. The molecule has 0 radical (unpaired) electrons. The maximum absolute atomic E-state index is 11.9. The Kier molecular flexibility index (Phi) is 5.09. The Labute approximate surface area is 150 Å². The van der Waals surface area contributed by atoms with Crippen LogP contribution in [-0.4, -0.2) is 25.5 Å². The fourth-order valence-electron chi connectivity index (χ4n) is 2.51. The smallest absolute Gasteiger partial charge is 0.259 e. The van der Waals surface area contributed by atoms with Crippen molar-refractivity contribution in [2.45, 2.75) is 13.8 Å². The highest BCUT2D eigenvalue weighted by Gasteiger charge is 2.15. The summed E-state index contributed by atoms with van der Waals surface area (Å²) in [7, 11) is 0. The van der Waals surface area contributed by atoms with E-state index >= 15 is 0 Å². The Morgan fingerprint density at radius 2 is 1.92 bits per heavy atom. The van der Waals surface area contributed by atoms with Gasteiger partial charge < -0.3 is 14.8 Å². The summed E-state index contributed by atoms with van der Waals surface area (Å²) in [5, 5.41) is 7.53. The van der Waals surface area contributed by atoms with Crippen LogP contribution in [0, 0.1) is 13.8 Å². The van der Waals surface area contributed by atoms with E-state index in [2.05, 4.69) is 15.8 Å². The second-order valence-corrected chi connectivity index (χ2v) is 6.05. The monoisotopic (exact) mass is 359 g/mol. The fourth-order valence-corrected chi connectivity index (χ4v) is 2.71. The Hall–Kier alpha value is -2.73. The molecule has 2 aromatic carbocycles. The average molecular weight is 360 g/mol. The van der Waals surface area contributed by atoms with Crippen molar-refractivity contribution >= 4 is 29.4 Å². The fraction of sp³-hybridized carbons (Fsp3) is 0.222. The van der Waals surface area contributed by atoms with Crippen molar-refractivity contribution in [1.29, 1.82) is 0 Å². The van der Waals surface area contributed by atoms with Gasteiger partial charge in [0.05, 0.1) is 17.8 Å². The van der Waals surface area contributed by atoms with Gasteiger partial charge in [-0.3, -0.25) is 4.79 Å². The van der Waals surface area contributed by atoms with E-state index in [1.807, 2.05) is 32.0 Å². The molecule has 0 bridgehead atoms. The zero-order valence-electron chi connectivity index (χ0n) is 13.9. The van der Waals surface area contributed by atoms with Gasteiger partial charge in [-0.1, -0.05) is 29.8 Å². The van der Waals surface area contributed by atoms with Crippen molar-refractivity contribution < 1.29 is 14.3 Å². The molecule has 0 fully saturated rings. The van der Waals surface area contributed by atoms with E-state index in [0.717, 1.165) is 16.8 Å². The summed E-state index contributed by atoms with van der Waals surface area (Å²) in [6, 6.07) is 9.35. The van der Waals surface area contributed by atoms with Gasteiger partial charge in [0.25, 0.3) is 5.91 Å². The summed E-state index contributed by atoms with van der Waals surface area (Å²) in [4.78, 5) is 11.9. The van der Waals surface area contributed by atoms with Gasteiger partial charge in [-0.2, -0.15) is 5.10 Å². The van der Waals surface area contributed by atoms with Crippen molar-refractivity contribution in [3.63, 3.8) is 0 Å². The average Bonchev–Trinajstić information content (AvgIpc) is 3.01. The highest BCUT2D eigenvalue weighted by molar-refractivity contribution is 6.33. The van der Waals surface area contributed by atoms with Crippen LogP contribution >= 0.6 is 11.6 Å². The maximum atomic E-state index is 11.9. The molecule has 0 spiro atoms. The number of ether oxygens (including phenoxy) is 2. The molecule has 25 heavy (non-hydrogen) atoms. The van der Waals surface area contributed by atoms with E-state index in [9.17, 15) is 4.79 Å². The number of hydrogen-bond donors (Lipinski definition) is 2. The highest BCUT2D eigenvalue weighted by Crippen LogP contribution is 2.36. The molecule has 6 nitrogen and oxygen atoms in total. The molecule has 2 N–H and O–H groups in total. The summed E-state index contributed by atoms with van der Waals surface area (Å²) in [6.07, 6.45) is 1.47. The minimum absolute atomic E-state index is 0.123. The second kappa shape index (κ2) is 7.44.